The number of halogens is 2. The lowest BCUT2D eigenvalue weighted by molar-refractivity contribution is -0.657. The summed E-state index contributed by atoms with van der Waals surface area (Å²) in [5, 5.41) is 10.7. The molecule has 0 saturated carbocycles. The Labute approximate surface area is 137 Å². The van der Waals surface area contributed by atoms with E-state index in [1.165, 1.54) is 42.5 Å². The number of hydrogen-bond donors (Lipinski definition) is 0. The van der Waals surface area contributed by atoms with Crippen molar-refractivity contribution in [1.82, 2.24) is 0 Å². The second-order valence-electron chi connectivity index (χ2n) is 5.00. The summed E-state index contributed by atoms with van der Waals surface area (Å²) in [6.45, 7) is 1.71. The maximum Gasteiger partial charge on any atom is 0.543 e. The lowest BCUT2D eigenvalue weighted by atomic mass is 10.1. The summed E-state index contributed by atoms with van der Waals surface area (Å²) in [6, 6.07) is 7.10. The minimum absolute atomic E-state index is 0.324. The topological polar surface area (TPSA) is 86.5 Å². The molecular formula is C15H13F2NO5S. The number of alkyl halides is 2. The molecule has 9 heteroatoms. The zero-order valence-corrected chi connectivity index (χ0v) is 13.2. The Morgan fingerprint density at radius 2 is 1.62 bits per heavy atom. The van der Waals surface area contributed by atoms with E-state index in [4.69, 9.17) is 0 Å². The van der Waals surface area contributed by atoms with Gasteiger partial charge in [-0.25, -0.2) is 4.18 Å². The van der Waals surface area contributed by atoms with Gasteiger partial charge in [-0.2, -0.15) is 8.42 Å². The first kappa shape index (κ1) is 18.0. The van der Waals surface area contributed by atoms with E-state index in [-0.39, 0.29) is 10.5 Å². The zero-order chi connectivity index (χ0) is 18.0. The molecule has 0 aliphatic rings. The molecule has 128 valence electrons. The van der Waals surface area contributed by atoms with Gasteiger partial charge in [0.1, 0.15) is 0 Å². The number of benzene rings is 2. The second kappa shape index (κ2) is 6.62. The quantitative estimate of drug-likeness (QED) is 0.343. The normalized spacial score (nSPS) is 13.5. The average molecular weight is 357 g/mol. The van der Waals surface area contributed by atoms with E-state index in [1.54, 1.807) is 6.92 Å². The van der Waals surface area contributed by atoms with Crippen LogP contribution >= 0.6 is 0 Å². The first-order valence-electron chi connectivity index (χ1n) is 6.72. The fourth-order valence-corrected chi connectivity index (χ4v) is 2.99. The van der Waals surface area contributed by atoms with Crippen molar-refractivity contribution in [2.75, 3.05) is 0 Å². The first-order valence-corrected chi connectivity index (χ1v) is 8.12. The van der Waals surface area contributed by atoms with Crippen molar-refractivity contribution in [3.63, 3.8) is 0 Å². The fraction of sp³-hybridized carbons (Fsp3) is 0.200. The predicted molar refractivity (Wildman–Crippen MR) is 80.6 cm³/mol. The summed E-state index contributed by atoms with van der Waals surface area (Å²) in [5.41, 5.74) is 0.430. The van der Waals surface area contributed by atoms with Crippen molar-refractivity contribution in [3.8, 4) is 0 Å². The standard InChI is InChI=1S/C15H13F2NO5S/c1-11-7-9-13(10-8-11)24(21,22)23-14(15(16,17)18(19)20)12-5-3-2-4-6-12/h2-10,14H,1H3/t14-/m1/s1. The van der Waals surface area contributed by atoms with E-state index in [0.717, 1.165) is 17.7 Å². The summed E-state index contributed by atoms with van der Waals surface area (Å²) in [7, 11) is -4.63. The monoisotopic (exact) mass is 357 g/mol. The highest BCUT2D eigenvalue weighted by molar-refractivity contribution is 7.86. The molecule has 0 amide bonds. The van der Waals surface area contributed by atoms with Crippen molar-refractivity contribution >= 4 is 10.1 Å². The molecule has 1 atom stereocenters. The highest BCUT2D eigenvalue weighted by Crippen LogP contribution is 2.37. The maximum atomic E-state index is 13.9. The van der Waals surface area contributed by atoms with Crippen LogP contribution in [0.1, 0.15) is 17.2 Å². The molecule has 0 N–H and O–H groups in total. The molecule has 0 bridgehead atoms. The van der Waals surface area contributed by atoms with Crippen molar-refractivity contribution < 1.29 is 26.3 Å². The van der Waals surface area contributed by atoms with Crippen LogP contribution in [0.5, 0.6) is 0 Å². The Morgan fingerprint density at radius 1 is 1.08 bits per heavy atom. The molecule has 0 saturated heterocycles. The highest BCUT2D eigenvalue weighted by Gasteiger charge is 2.56. The van der Waals surface area contributed by atoms with Gasteiger partial charge >= 0.3 is 6.05 Å². The van der Waals surface area contributed by atoms with E-state index in [2.05, 4.69) is 4.18 Å². The van der Waals surface area contributed by atoms with E-state index < -0.39 is 27.2 Å². The lowest BCUT2D eigenvalue weighted by Gasteiger charge is -2.20. The summed E-state index contributed by atoms with van der Waals surface area (Å²) in [4.78, 5) is 8.45. The average Bonchev–Trinajstić information content (AvgIpc) is 2.53. The van der Waals surface area contributed by atoms with E-state index in [1.807, 2.05) is 0 Å². The van der Waals surface area contributed by atoms with Crippen LogP contribution in [-0.4, -0.2) is 19.4 Å². The number of nitro groups is 1. The third-order valence-corrected chi connectivity index (χ3v) is 4.49. The van der Waals surface area contributed by atoms with Crippen LogP contribution in [0.3, 0.4) is 0 Å². The Balaban J connectivity index is 2.45. The van der Waals surface area contributed by atoms with Crippen molar-refractivity contribution in [2.24, 2.45) is 0 Å². The summed E-state index contributed by atoms with van der Waals surface area (Å²) in [6.07, 6.45) is -2.58. The van der Waals surface area contributed by atoms with Crippen LogP contribution in [0.25, 0.3) is 0 Å². The minimum Gasteiger partial charge on any atom is -0.259 e. The van der Waals surface area contributed by atoms with Crippen LogP contribution in [0.4, 0.5) is 8.78 Å². The predicted octanol–water partition coefficient (Wildman–Crippen LogP) is 3.31. The molecule has 24 heavy (non-hydrogen) atoms. The molecule has 2 aromatic carbocycles. The highest BCUT2D eigenvalue weighted by atomic mass is 32.2. The maximum absolute atomic E-state index is 13.9. The molecule has 0 heterocycles. The first-order chi connectivity index (χ1) is 11.1. The fourth-order valence-electron chi connectivity index (χ4n) is 1.92. The van der Waals surface area contributed by atoms with Gasteiger partial charge < -0.3 is 0 Å². The number of aryl methyl sites for hydroxylation is 1. The SMILES string of the molecule is Cc1ccc(S(=O)(=O)O[C@H](c2ccccc2)C(F)(F)[N+](=O)[O-])cc1. The van der Waals surface area contributed by atoms with Gasteiger partial charge in [0.2, 0.25) is 6.10 Å². The van der Waals surface area contributed by atoms with Gasteiger partial charge in [-0.1, -0.05) is 48.0 Å². The van der Waals surface area contributed by atoms with Crippen molar-refractivity contribution in [3.05, 3.63) is 75.8 Å². The van der Waals surface area contributed by atoms with Crippen molar-refractivity contribution in [2.45, 2.75) is 24.0 Å². The zero-order valence-electron chi connectivity index (χ0n) is 12.4. The molecular weight excluding hydrogens is 344 g/mol. The van der Waals surface area contributed by atoms with Gasteiger partial charge in [-0.05, 0) is 24.6 Å². The molecule has 0 aliphatic heterocycles. The molecule has 6 nitrogen and oxygen atoms in total. The lowest BCUT2D eigenvalue weighted by Crippen LogP contribution is -2.37. The Morgan fingerprint density at radius 3 is 2.12 bits per heavy atom. The molecule has 0 radical (unpaired) electrons. The van der Waals surface area contributed by atoms with Gasteiger partial charge in [-0.3, -0.25) is 10.1 Å². The summed E-state index contributed by atoms with van der Waals surface area (Å²) in [5.74, 6) is 0. The third-order valence-electron chi connectivity index (χ3n) is 3.19. The molecule has 2 aromatic rings. The largest absolute Gasteiger partial charge is 0.543 e. The molecule has 0 aliphatic carbocycles. The van der Waals surface area contributed by atoms with Gasteiger partial charge in [0.15, 0.2) is 0 Å². The van der Waals surface area contributed by atoms with Crippen LogP contribution in [0.15, 0.2) is 59.5 Å². The Kier molecular flexibility index (Phi) is 4.95. The molecule has 0 unspecified atom stereocenters. The second-order valence-corrected chi connectivity index (χ2v) is 6.57. The number of nitrogens with zero attached hydrogens (tertiary/aromatic N) is 1. The molecule has 0 aromatic heterocycles. The Hall–Kier alpha value is -2.39. The summed E-state index contributed by atoms with van der Waals surface area (Å²) < 4.78 is 56.8. The Bertz CT molecular complexity index is 823. The van der Waals surface area contributed by atoms with Crippen molar-refractivity contribution in [1.29, 1.82) is 0 Å². The van der Waals surface area contributed by atoms with E-state index in [0.29, 0.717) is 0 Å². The van der Waals surface area contributed by atoms with Crippen LogP contribution < -0.4 is 0 Å². The van der Waals surface area contributed by atoms with Gasteiger partial charge in [0, 0.05) is 0 Å². The van der Waals surface area contributed by atoms with E-state index in [9.17, 15) is 27.3 Å². The minimum atomic E-state index is -4.63. The van der Waals surface area contributed by atoms with Crippen LogP contribution in [-0.2, 0) is 14.3 Å². The number of hydrogen-bond acceptors (Lipinski definition) is 5. The molecule has 0 spiro atoms. The van der Waals surface area contributed by atoms with Crippen LogP contribution in [0.2, 0.25) is 0 Å². The number of rotatable bonds is 6. The molecule has 0 fully saturated rings. The third kappa shape index (κ3) is 3.74. The summed E-state index contributed by atoms with van der Waals surface area (Å²) >= 11 is 0. The van der Waals surface area contributed by atoms with Crippen LogP contribution in [0, 0.1) is 17.0 Å². The smallest absolute Gasteiger partial charge is 0.259 e. The van der Waals surface area contributed by atoms with Gasteiger partial charge in [0.05, 0.1) is 9.82 Å². The van der Waals surface area contributed by atoms with Gasteiger partial charge in [-0.15, -0.1) is 8.78 Å². The molecule has 2 rings (SSSR count). The van der Waals surface area contributed by atoms with E-state index >= 15 is 0 Å². The van der Waals surface area contributed by atoms with Gasteiger partial charge in [0.25, 0.3) is 10.1 Å².